The zero-order valence-electron chi connectivity index (χ0n) is 12.2. The van der Waals surface area contributed by atoms with Crippen molar-refractivity contribution in [1.29, 1.82) is 0 Å². The molecule has 1 saturated carbocycles. The van der Waals surface area contributed by atoms with E-state index in [1.54, 1.807) is 0 Å². The van der Waals surface area contributed by atoms with Crippen molar-refractivity contribution >= 4 is 11.7 Å². The number of hydrogen-bond donors (Lipinski definition) is 1. The van der Waals surface area contributed by atoms with Crippen molar-refractivity contribution in [2.24, 2.45) is 5.92 Å². The minimum absolute atomic E-state index is 0.0295. The fourth-order valence-corrected chi connectivity index (χ4v) is 3.58. The number of likely N-dealkylation sites (tertiary alicyclic amines) is 1. The number of hydrogen-bond acceptors (Lipinski definition) is 3. The molecule has 3 atom stereocenters. The molecule has 1 amide bonds. The van der Waals surface area contributed by atoms with Crippen LogP contribution in [0.15, 0.2) is 0 Å². The van der Waals surface area contributed by atoms with Gasteiger partial charge in [0.05, 0.1) is 12.6 Å². The van der Waals surface area contributed by atoms with E-state index in [1.807, 2.05) is 6.92 Å². The van der Waals surface area contributed by atoms with Gasteiger partial charge in [0, 0.05) is 18.4 Å². The van der Waals surface area contributed by atoms with E-state index in [4.69, 9.17) is 6.42 Å². The molecule has 2 aliphatic rings. The molecule has 4 nitrogen and oxygen atoms in total. The van der Waals surface area contributed by atoms with E-state index in [0.717, 1.165) is 38.6 Å². The first-order chi connectivity index (χ1) is 9.65. The van der Waals surface area contributed by atoms with Crippen LogP contribution in [-0.4, -0.2) is 41.8 Å². The van der Waals surface area contributed by atoms with Crippen LogP contribution >= 0.6 is 0 Å². The lowest BCUT2D eigenvalue weighted by Gasteiger charge is -2.35. The fraction of sp³-hybridized carbons (Fsp3) is 0.750. The summed E-state index contributed by atoms with van der Waals surface area (Å²) in [6.45, 7) is 3.08. The minimum atomic E-state index is -0.203. The molecule has 110 valence electrons. The molecule has 0 bridgehead atoms. The third-order valence-corrected chi connectivity index (χ3v) is 4.65. The fourth-order valence-electron chi connectivity index (χ4n) is 3.58. The Morgan fingerprint density at radius 3 is 2.95 bits per heavy atom. The highest BCUT2D eigenvalue weighted by Crippen LogP contribution is 2.33. The van der Waals surface area contributed by atoms with Crippen molar-refractivity contribution < 1.29 is 9.59 Å². The quantitative estimate of drug-likeness (QED) is 0.789. The molecule has 20 heavy (non-hydrogen) atoms. The van der Waals surface area contributed by atoms with Gasteiger partial charge in [-0.25, -0.2) is 0 Å². The van der Waals surface area contributed by atoms with Crippen molar-refractivity contribution in [3.63, 3.8) is 0 Å². The Balaban J connectivity index is 2.01. The lowest BCUT2D eigenvalue weighted by Crippen LogP contribution is -2.50. The molecule has 0 aromatic carbocycles. The van der Waals surface area contributed by atoms with Gasteiger partial charge in [-0.2, -0.15) is 0 Å². The first kappa shape index (κ1) is 15.1. The van der Waals surface area contributed by atoms with Gasteiger partial charge in [-0.15, -0.1) is 6.42 Å². The van der Waals surface area contributed by atoms with E-state index in [9.17, 15) is 9.59 Å². The summed E-state index contributed by atoms with van der Waals surface area (Å²) in [7, 11) is 0. The standard InChI is InChI=1S/C16H24N2O2/c1-3-10-17-16(20)12(2)18-11-6-8-14(18)13-7-4-5-9-15(13)19/h1,12-14H,4-11H2,2H3,(H,17,20). The molecule has 3 unspecified atom stereocenters. The summed E-state index contributed by atoms with van der Waals surface area (Å²) in [5.41, 5.74) is 0. The molecule has 2 rings (SSSR count). The summed E-state index contributed by atoms with van der Waals surface area (Å²) in [4.78, 5) is 26.4. The van der Waals surface area contributed by atoms with Gasteiger partial charge < -0.3 is 5.32 Å². The summed E-state index contributed by atoms with van der Waals surface area (Å²) in [6.07, 6.45) is 11.1. The van der Waals surface area contributed by atoms with Crippen molar-refractivity contribution in [2.45, 2.75) is 57.5 Å². The van der Waals surface area contributed by atoms with E-state index in [-0.39, 0.29) is 30.5 Å². The molecule has 0 radical (unpaired) electrons. The number of rotatable bonds is 4. The molecule has 1 saturated heterocycles. The monoisotopic (exact) mass is 276 g/mol. The summed E-state index contributed by atoms with van der Waals surface area (Å²) in [6, 6.07) is 0.0416. The second-order valence-electron chi connectivity index (χ2n) is 5.86. The largest absolute Gasteiger partial charge is 0.344 e. The maximum Gasteiger partial charge on any atom is 0.237 e. The molecular weight excluding hydrogens is 252 g/mol. The SMILES string of the molecule is C#CCNC(=O)C(C)N1CCCC1C1CCCCC1=O. The maximum absolute atomic E-state index is 12.1. The molecule has 1 aliphatic carbocycles. The van der Waals surface area contributed by atoms with Crippen molar-refractivity contribution in [1.82, 2.24) is 10.2 Å². The Morgan fingerprint density at radius 2 is 2.25 bits per heavy atom. The van der Waals surface area contributed by atoms with E-state index in [2.05, 4.69) is 16.1 Å². The van der Waals surface area contributed by atoms with Crippen molar-refractivity contribution in [3.8, 4) is 12.3 Å². The molecule has 2 fully saturated rings. The Hall–Kier alpha value is -1.34. The van der Waals surface area contributed by atoms with E-state index >= 15 is 0 Å². The van der Waals surface area contributed by atoms with Crippen LogP contribution < -0.4 is 5.32 Å². The molecule has 0 aromatic heterocycles. The van der Waals surface area contributed by atoms with E-state index in [0.29, 0.717) is 12.2 Å². The first-order valence-electron chi connectivity index (χ1n) is 7.64. The summed E-state index contributed by atoms with van der Waals surface area (Å²) in [5.74, 6) is 2.92. The van der Waals surface area contributed by atoms with E-state index in [1.165, 1.54) is 0 Å². The van der Waals surface area contributed by atoms with Crippen LogP contribution in [0.3, 0.4) is 0 Å². The number of Topliss-reactive ketones (excluding diaryl/α,β-unsaturated/α-hetero) is 1. The van der Waals surface area contributed by atoms with Gasteiger partial charge in [0.1, 0.15) is 5.78 Å². The zero-order valence-corrected chi connectivity index (χ0v) is 12.2. The van der Waals surface area contributed by atoms with Gasteiger partial charge in [-0.1, -0.05) is 12.3 Å². The molecule has 1 heterocycles. The van der Waals surface area contributed by atoms with Gasteiger partial charge in [0.25, 0.3) is 0 Å². The minimum Gasteiger partial charge on any atom is -0.344 e. The van der Waals surface area contributed by atoms with Gasteiger partial charge >= 0.3 is 0 Å². The topological polar surface area (TPSA) is 49.4 Å². The van der Waals surface area contributed by atoms with Crippen molar-refractivity contribution in [3.05, 3.63) is 0 Å². The van der Waals surface area contributed by atoms with Crippen LogP contribution in [0, 0.1) is 18.3 Å². The molecule has 4 heteroatoms. The Kier molecular flexibility index (Phi) is 5.19. The highest BCUT2D eigenvalue weighted by atomic mass is 16.2. The zero-order chi connectivity index (χ0) is 14.5. The Bertz CT molecular complexity index is 413. The summed E-state index contributed by atoms with van der Waals surface area (Å²) in [5, 5.41) is 2.74. The molecular formula is C16H24N2O2. The number of ketones is 1. The van der Waals surface area contributed by atoms with Gasteiger partial charge in [0.15, 0.2) is 0 Å². The number of terminal acetylenes is 1. The lowest BCUT2D eigenvalue weighted by atomic mass is 9.81. The van der Waals surface area contributed by atoms with Crippen LogP contribution in [0.4, 0.5) is 0 Å². The Labute approximate surface area is 121 Å². The molecule has 0 spiro atoms. The van der Waals surface area contributed by atoms with Crippen LogP contribution in [0.1, 0.15) is 45.4 Å². The normalized spacial score (nSPS) is 28.9. The molecule has 0 aromatic rings. The highest BCUT2D eigenvalue weighted by Gasteiger charge is 2.39. The predicted molar refractivity (Wildman–Crippen MR) is 78.0 cm³/mol. The van der Waals surface area contributed by atoms with Crippen molar-refractivity contribution in [2.75, 3.05) is 13.1 Å². The number of carbonyl (C=O) groups is 2. The van der Waals surface area contributed by atoms with Gasteiger partial charge in [-0.3, -0.25) is 14.5 Å². The molecule has 1 N–H and O–H groups in total. The van der Waals surface area contributed by atoms with Crippen LogP contribution in [-0.2, 0) is 9.59 Å². The van der Waals surface area contributed by atoms with Crippen LogP contribution in [0.5, 0.6) is 0 Å². The van der Waals surface area contributed by atoms with E-state index < -0.39 is 0 Å². The van der Waals surface area contributed by atoms with Gasteiger partial charge in [0.2, 0.25) is 5.91 Å². The van der Waals surface area contributed by atoms with Gasteiger partial charge in [-0.05, 0) is 39.2 Å². The third kappa shape index (κ3) is 3.21. The second-order valence-corrected chi connectivity index (χ2v) is 5.86. The van der Waals surface area contributed by atoms with Crippen LogP contribution in [0.25, 0.3) is 0 Å². The number of carbonyl (C=O) groups excluding carboxylic acids is 2. The smallest absolute Gasteiger partial charge is 0.237 e. The number of amides is 1. The summed E-state index contributed by atoms with van der Waals surface area (Å²) < 4.78 is 0. The summed E-state index contributed by atoms with van der Waals surface area (Å²) >= 11 is 0. The lowest BCUT2D eigenvalue weighted by molar-refractivity contribution is -0.131. The first-order valence-corrected chi connectivity index (χ1v) is 7.64. The average molecular weight is 276 g/mol. The van der Waals surface area contributed by atoms with Crippen LogP contribution in [0.2, 0.25) is 0 Å². The highest BCUT2D eigenvalue weighted by molar-refractivity contribution is 5.83. The third-order valence-electron chi connectivity index (χ3n) is 4.65. The average Bonchev–Trinajstić information content (AvgIpc) is 2.93. The predicted octanol–water partition coefficient (Wildman–Crippen LogP) is 1.35. The second kappa shape index (κ2) is 6.90. The Morgan fingerprint density at radius 1 is 1.45 bits per heavy atom. The number of nitrogens with zero attached hydrogens (tertiary/aromatic N) is 1. The molecule has 1 aliphatic heterocycles. The number of nitrogens with one attached hydrogen (secondary N) is 1. The maximum atomic E-state index is 12.1.